The molecule has 1 atom stereocenters. The maximum Gasteiger partial charge on any atom is 0.573 e. The molecule has 20 heavy (non-hydrogen) atoms. The summed E-state index contributed by atoms with van der Waals surface area (Å²) in [5, 5.41) is -1.13. The number of carbonyl (C=O) groups excluding carboxylic acids is 1. The Labute approximate surface area is 115 Å². The maximum atomic E-state index is 12.2. The number of hydrogen-bond donors (Lipinski definition) is 0. The second-order valence-corrected chi connectivity index (χ2v) is 4.22. The van der Waals surface area contributed by atoms with Crippen LogP contribution in [0.5, 0.6) is 11.5 Å². The third-order valence-electron chi connectivity index (χ3n) is 2.03. The molecule has 0 aliphatic rings. The van der Waals surface area contributed by atoms with Crippen molar-refractivity contribution in [3.8, 4) is 11.5 Å². The van der Waals surface area contributed by atoms with Gasteiger partial charge in [0.25, 0.3) is 0 Å². The molecule has 1 rings (SSSR count). The number of alkyl halides is 6. The first-order chi connectivity index (χ1) is 9.10. The van der Waals surface area contributed by atoms with Gasteiger partial charge < -0.3 is 9.47 Å². The average molecular weight is 319 g/mol. The lowest BCUT2D eigenvalue weighted by atomic mass is 10.1. The van der Waals surface area contributed by atoms with Gasteiger partial charge in [-0.3, -0.25) is 4.79 Å². The van der Waals surface area contributed by atoms with E-state index in [1.807, 2.05) is 0 Å². The van der Waals surface area contributed by atoms with Gasteiger partial charge in [-0.25, -0.2) is 0 Å². The third kappa shape index (κ3) is 4.84. The van der Waals surface area contributed by atoms with Crippen LogP contribution in [-0.2, 0) is 0 Å². The number of halogens is 6. The van der Waals surface area contributed by atoms with E-state index in [2.05, 4.69) is 9.47 Å². The Bertz CT molecular complexity index is 487. The third-order valence-corrected chi connectivity index (χ3v) is 2.23. The molecule has 0 N–H and O–H groups in total. The molecule has 0 fully saturated rings. The number of ether oxygens (including phenoxy) is 2. The molecular formula is C11H8ClF5O3. The van der Waals surface area contributed by atoms with Gasteiger partial charge in [-0.2, -0.15) is 8.78 Å². The van der Waals surface area contributed by atoms with Gasteiger partial charge in [-0.1, -0.05) is 0 Å². The van der Waals surface area contributed by atoms with Crippen molar-refractivity contribution in [2.45, 2.75) is 25.3 Å². The SMILES string of the molecule is CC(Cl)C(=O)c1cc(OC(F)(F)F)ccc1OC(F)F. The maximum absolute atomic E-state index is 12.2. The fraction of sp³-hybridized carbons (Fsp3) is 0.364. The molecular weight excluding hydrogens is 311 g/mol. The number of hydrogen-bond acceptors (Lipinski definition) is 3. The molecule has 0 aliphatic carbocycles. The molecule has 0 spiro atoms. The minimum Gasteiger partial charge on any atom is -0.434 e. The van der Waals surface area contributed by atoms with Crippen molar-refractivity contribution >= 4 is 17.4 Å². The quantitative estimate of drug-likeness (QED) is 0.468. The molecule has 3 nitrogen and oxygen atoms in total. The van der Waals surface area contributed by atoms with Crippen LogP contribution in [0, 0.1) is 0 Å². The molecule has 0 saturated heterocycles. The highest BCUT2D eigenvalue weighted by Gasteiger charge is 2.32. The van der Waals surface area contributed by atoms with Crippen molar-refractivity contribution in [2.75, 3.05) is 0 Å². The van der Waals surface area contributed by atoms with Crippen LogP contribution in [0.15, 0.2) is 18.2 Å². The molecule has 1 aromatic rings. The van der Waals surface area contributed by atoms with Gasteiger partial charge in [0, 0.05) is 0 Å². The summed E-state index contributed by atoms with van der Waals surface area (Å²) in [6, 6.07) is 2.17. The largest absolute Gasteiger partial charge is 0.573 e. The first-order valence-electron chi connectivity index (χ1n) is 5.13. The molecule has 0 heterocycles. The Morgan fingerprint density at radius 3 is 2.35 bits per heavy atom. The Balaban J connectivity index is 3.18. The van der Waals surface area contributed by atoms with Crippen LogP contribution in [0.2, 0.25) is 0 Å². The zero-order valence-corrected chi connectivity index (χ0v) is 10.6. The lowest BCUT2D eigenvalue weighted by Crippen LogP contribution is -2.18. The number of ketones is 1. The zero-order chi connectivity index (χ0) is 15.5. The van der Waals surface area contributed by atoms with E-state index in [4.69, 9.17) is 11.6 Å². The molecule has 0 bridgehead atoms. The Hall–Kier alpha value is -1.57. The van der Waals surface area contributed by atoms with Gasteiger partial charge in [0.1, 0.15) is 11.5 Å². The fourth-order valence-electron chi connectivity index (χ4n) is 1.31. The van der Waals surface area contributed by atoms with Gasteiger partial charge >= 0.3 is 13.0 Å². The Kier molecular flexibility index (Phi) is 5.15. The molecule has 0 radical (unpaired) electrons. The number of benzene rings is 1. The van der Waals surface area contributed by atoms with Crippen LogP contribution >= 0.6 is 11.6 Å². The van der Waals surface area contributed by atoms with E-state index >= 15 is 0 Å². The van der Waals surface area contributed by atoms with Crippen molar-refractivity contribution < 1.29 is 36.2 Å². The van der Waals surface area contributed by atoms with Crippen LogP contribution in [0.3, 0.4) is 0 Å². The minimum atomic E-state index is -4.97. The lowest BCUT2D eigenvalue weighted by molar-refractivity contribution is -0.274. The normalized spacial score (nSPS) is 13.2. The summed E-state index contributed by atoms with van der Waals surface area (Å²) in [7, 11) is 0. The van der Waals surface area contributed by atoms with Gasteiger partial charge in [-0.05, 0) is 25.1 Å². The van der Waals surface area contributed by atoms with E-state index in [0.717, 1.165) is 12.1 Å². The van der Waals surface area contributed by atoms with E-state index < -0.39 is 41.2 Å². The van der Waals surface area contributed by atoms with Crippen LogP contribution in [0.1, 0.15) is 17.3 Å². The standard InChI is InChI=1S/C11H8ClF5O3/c1-5(12)9(18)7-4-6(20-11(15,16)17)2-3-8(7)19-10(13)14/h2-5,10H,1H3. The van der Waals surface area contributed by atoms with E-state index in [1.165, 1.54) is 6.92 Å². The second-order valence-electron chi connectivity index (χ2n) is 3.56. The fourth-order valence-corrected chi connectivity index (χ4v) is 1.43. The minimum absolute atomic E-state index is 0.519. The summed E-state index contributed by atoms with van der Waals surface area (Å²) < 4.78 is 68.1. The molecule has 0 aliphatic heterocycles. The first kappa shape index (κ1) is 16.5. The molecule has 1 unspecified atom stereocenters. The summed E-state index contributed by atoms with van der Waals surface area (Å²) in [6.07, 6.45) is -4.97. The highest BCUT2D eigenvalue weighted by molar-refractivity contribution is 6.34. The monoisotopic (exact) mass is 318 g/mol. The van der Waals surface area contributed by atoms with Gasteiger partial charge in [0.2, 0.25) is 0 Å². The van der Waals surface area contributed by atoms with Crippen molar-refractivity contribution in [3.63, 3.8) is 0 Å². The topological polar surface area (TPSA) is 35.5 Å². The summed E-state index contributed by atoms with van der Waals surface area (Å²) in [4.78, 5) is 11.7. The number of rotatable bonds is 5. The first-order valence-corrected chi connectivity index (χ1v) is 5.56. The number of carbonyl (C=O) groups is 1. The highest BCUT2D eigenvalue weighted by Crippen LogP contribution is 2.30. The predicted molar refractivity (Wildman–Crippen MR) is 59.4 cm³/mol. The average Bonchev–Trinajstić information content (AvgIpc) is 2.27. The van der Waals surface area contributed by atoms with Crippen LogP contribution in [-0.4, -0.2) is 24.1 Å². The molecule has 0 aromatic heterocycles. The molecule has 112 valence electrons. The Morgan fingerprint density at radius 2 is 1.90 bits per heavy atom. The van der Waals surface area contributed by atoms with Crippen molar-refractivity contribution in [2.24, 2.45) is 0 Å². The molecule has 0 amide bonds. The second kappa shape index (κ2) is 6.25. The summed E-state index contributed by atoms with van der Waals surface area (Å²) in [6.45, 7) is -1.99. The molecule has 9 heteroatoms. The van der Waals surface area contributed by atoms with Gasteiger partial charge in [-0.15, -0.1) is 24.8 Å². The van der Waals surface area contributed by atoms with Crippen LogP contribution in [0.4, 0.5) is 22.0 Å². The van der Waals surface area contributed by atoms with Crippen LogP contribution in [0.25, 0.3) is 0 Å². The highest BCUT2D eigenvalue weighted by atomic mass is 35.5. The van der Waals surface area contributed by atoms with Crippen molar-refractivity contribution in [3.05, 3.63) is 23.8 Å². The number of Topliss-reactive ketones (excluding diaryl/α,β-unsaturated/α-hetero) is 1. The zero-order valence-electron chi connectivity index (χ0n) is 9.88. The Morgan fingerprint density at radius 1 is 1.30 bits per heavy atom. The van der Waals surface area contributed by atoms with Gasteiger partial charge in [0.15, 0.2) is 5.78 Å². The summed E-state index contributed by atoms with van der Waals surface area (Å²) in [5.74, 6) is -2.18. The summed E-state index contributed by atoms with van der Waals surface area (Å²) >= 11 is 5.50. The van der Waals surface area contributed by atoms with Gasteiger partial charge in [0.05, 0.1) is 10.9 Å². The molecule has 1 aromatic carbocycles. The van der Waals surface area contributed by atoms with Crippen molar-refractivity contribution in [1.82, 2.24) is 0 Å². The van der Waals surface area contributed by atoms with E-state index in [9.17, 15) is 26.7 Å². The van der Waals surface area contributed by atoms with Crippen molar-refractivity contribution in [1.29, 1.82) is 0 Å². The smallest absolute Gasteiger partial charge is 0.434 e. The van der Waals surface area contributed by atoms with E-state index in [-0.39, 0.29) is 0 Å². The van der Waals surface area contributed by atoms with Crippen LogP contribution < -0.4 is 9.47 Å². The molecule has 0 saturated carbocycles. The summed E-state index contributed by atoms with van der Waals surface area (Å²) in [5.41, 5.74) is -0.519. The predicted octanol–water partition coefficient (Wildman–Crippen LogP) is 4.00. The van der Waals surface area contributed by atoms with E-state index in [0.29, 0.717) is 6.07 Å². The van der Waals surface area contributed by atoms with E-state index in [1.54, 1.807) is 0 Å². The lowest BCUT2D eigenvalue weighted by Gasteiger charge is -2.14.